The van der Waals surface area contributed by atoms with Crippen LogP contribution >= 0.6 is 0 Å². The molecule has 0 amide bonds. The van der Waals surface area contributed by atoms with E-state index < -0.39 is 10.0 Å². The van der Waals surface area contributed by atoms with Gasteiger partial charge in [0.1, 0.15) is 12.0 Å². The monoisotopic (exact) mass is 281 g/mol. The number of benzene rings is 1. The molecule has 0 bridgehead atoms. The van der Waals surface area contributed by atoms with Gasteiger partial charge in [0.2, 0.25) is 0 Å². The number of hydrogen-bond acceptors (Lipinski definition) is 5. The minimum Gasteiger partial charge on any atom is -0.362 e. The van der Waals surface area contributed by atoms with Crippen LogP contribution in [0.15, 0.2) is 46.1 Å². The molecule has 1 atom stereocenters. The third-order valence-electron chi connectivity index (χ3n) is 2.79. The van der Waals surface area contributed by atoms with Crippen molar-refractivity contribution < 1.29 is 12.9 Å². The van der Waals surface area contributed by atoms with Crippen LogP contribution in [0.5, 0.6) is 0 Å². The van der Waals surface area contributed by atoms with Crippen molar-refractivity contribution in [3.63, 3.8) is 0 Å². The first kappa shape index (κ1) is 13.6. The van der Waals surface area contributed by atoms with Crippen molar-refractivity contribution in [1.29, 1.82) is 0 Å². The predicted molar refractivity (Wildman–Crippen MR) is 71.2 cm³/mol. The predicted octanol–water partition coefficient (Wildman–Crippen LogP) is 1.76. The summed E-state index contributed by atoms with van der Waals surface area (Å²) in [5, 5.41) is 6.51. The fourth-order valence-corrected chi connectivity index (χ4v) is 2.66. The Bertz CT molecular complexity index is 638. The molecule has 0 aliphatic rings. The van der Waals surface area contributed by atoms with Gasteiger partial charge in [-0.1, -0.05) is 17.3 Å². The highest BCUT2D eigenvalue weighted by atomic mass is 32.2. The van der Waals surface area contributed by atoms with Gasteiger partial charge in [0.15, 0.2) is 0 Å². The van der Waals surface area contributed by atoms with E-state index in [0.29, 0.717) is 5.69 Å². The second-order valence-electron chi connectivity index (χ2n) is 4.10. The third-order valence-corrected chi connectivity index (χ3v) is 4.16. The molecule has 1 aromatic heterocycles. The van der Waals surface area contributed by atoms with Gasteiger partial charge >= 0.3 is 0 Å². The van der Waals surface area contributed by atoms with Crippen molar-refractivity contribution in [3.8, 4) is 0 Å². The number of rotatable bonds is 5. The zero-order valence-corrected chi connectivity index (χ0v) is 11.4. The third kappa shape index (κ3) is 3.12. The Balaban J connectivity index is 2.30. The number of aromatic nitrogens is 1. The molecular weight excluding hydrogens is 266 g/mol. The summed E-state index contributed by atoms with van der Waals surface area (Å²) in [5.41, 5.74) is 1.20. The lowest BCUT2D eigenvalue weighted by atomic mass is 10.1. The zero-order chi connectivity index (χ0) is 13.9. The van der Waals surface area contributed by atoms with Crippen LogP contribution in [0.3, 0.4) is 0 Å². The summed E-state index contributed by atoms with van der Waals surface area (Å²) in [7, 11) is -1.80. The first-order chi connectivity index (χ1) is 9.03. The van der Waals surface area contributed by atoms with Gasteiger partial charge < -0.3 is 9.84 Å². The summed E-state index contributed by atoms with van der Waals surface area (Å²) in [5.74, 6) is 0. The molecule has 0 radical (unpaired) electrons. The SMILES string of the molecule is CNC(C)c1cccc(S(=O)(=O)Nc2cnoc2)c1. The van der Waals surface area contributed by atoms with Crippen LogP contribution in [0.25, 0.3) is 0 Å². The van der Waals surface area contributed by atoms with E-state index in [1.807, 2.05) is 20.0 Å². The lowest BCUT2D eigenvalue weighted by Crippen LogP contribution is -2.15. The average molecular weight is 281 g/mol. The molecular formula is C12H15N3O3S. The van der Waals surface area contributed by atoms with E-state index in [1.54, 1.807) is 18.2 Å². The van der Waals surface area contributed by atoms with E-state index in [9.17, 15) is 8.42 Å². The van der Waals surface area contributed by atoms with E-state index in [0.717, 1.165) is 5.56 Å². The van der Waals surface area contributed by atoms with Gasteiger partial charge in [0.05, 0.1) is 11.1 Å². The van der Waals surface area contributed by atoms with Gasteiger partial charge in [0.25, 0.3) is 10.0 Å². The second kappa shape index (κ2) is 5.41. The molecule has 0 aliphatic carbocycles. The summed E-state index contributed by atoms with van der Waals surface area (Å²) < 4.78 is 31.3. The summed E-state index contributed by atoms with van der Waals surface area (Å²) in [6.07, 6.45) is 2.54. The maximum absolute atomic E-state index is 12.2. The molecule has 1 unspecified atom stereocenters. The van der Waals surface area contributed by atoms with Crippen molar-refractivity contribution >= 4 is 15.7 Å². The molecule has 0 spiro atoms. The molecule has 0 saturated heterocycles. The highest BCUT2D eigenvalue weighted by Crippen LogP contribution is 2.19. The lowest BCUT2D eigenvalue weighted by molar-refractivity contribution is 0.420. The fourth-order valence-electron chi connectivity index (χ4n) is 1.59. The number of hydrogen-bond donors (Lipinski definition) is 2. The molecule has 0 fully saturated rings. The van der Waals surface area contributed by atoms with Gasteiger partial charge in [-0.05, 0) is 31.7 Å². The van der Waals surface area contributed by atoms with Gasteiger partial charge in [0, 0.05) is 6.04 Å². The summed E-state index contributed by atoms with van der Waals surface area (Å²) in [6.45, 7) is 1.96. The first-order valence-electron chi connectivity index (χ1n) is 5.72. The zero-order valence-electron chi connectivity index (χ0n) is 10.6. The fraction of sp³-hybridized carbons (Fsp3) is 0.250. The van der Waals surface area contributed by atoms with Crippen molar-refractivity contribution in [1.82, 2.24) is 10.5 Å². The molecule has 0 saturated carbocycles. The Kier molecular flexibility index (Phi) is 3.87. The highest BCUT2D eigenvalue weighted by Gasteiger charge is 2.16. The maximum Gasteiger partial charge on any atom is 0.262 e. The Hall–Kier alpha value is -1.86. The van der Waals surface area contributed by atoms with E-state index in [4.69, 9.17) is 0 Å². The average Bonchev–Trinajstić information content (AvgIpc) is 2.90. The van der Waals surface area contributed by atoms with E-state index >= 15 is 0 Å². The summed E-state index contributed by atoms with van der Waals surface area (Å²) >= 11 is 0. The quantitative estimate of drug-likeness (QED) is 0.872. The molecule has 2 aromatic rings. The Morgan fingerprint density at radius 2 is 2.16 bits per heavy atom. The smallest absolute Gasteiger partial charge is 0.262 e. The summed E-state index contributed by atoms with van der Waals surface area (Å²) in [4.78, 5) is 0.202. The Morgan fingerprint density at radius 3 is 2.79 bits per heavy atom. The Labute approximate surface area is 111 Å². The molecule has 2 N–H and O–H groups in total. The van der Waals surface area contributed by atoms with Crippen LogP contribution in [0.4, 0.5) is 5.69 Å². The topological polar surface area (TPSA) is 84.2 Å². The first-order valence-corrected chi connectivity index (χ1v) is 7.20. The number of nitrogens with one attached hydrogen (secondary N) is 2. The van der Waals surface area contributed by atoms with Crippen LogP contribution in [0.1, 0.15) is 18.5 Å². The molecule has 7 heteroatoms. The van der Waals surface area contributed by atoms with Crippen LogP contribution < -0.4 is 10.0 Å². The van der Waals surface area contributed by atoms with Crippen LogP contribution in [-0.4, -0.2) is 20.6 Å². The van der Waals surface area contributed by atoms with Crippen LogP contribution in [-0.2, 0) is 10.0 Å². The maximum atomic E-state index is 12.2. The second-order valence-corrected chi connectivity index (χ2v) is 5.78. The van der Waals surface area contributed by atoms with Crippen LogP contribution in [0.2, 0.25) is 0 Å². The van der Waals surface area contributed by atoms with Gasteiger partial charge in [-0.25, -0.2) is 8.42 Å². The van der Waals surface area contributed by atoms with Crippen LogP contribution in [0, 0.1) is 0 Å². The normalized spacial score (nSPS) is 13.2. The minimum absolute atomic E-state index is 0.0748. The molecule has 1 aromatic carbocycles. The Morgan fingerprint density at radius 1 is 1.37 bits per heavy atom. The van der Waals surface area contributed by atoms with E-state index in [1.165, 1.54) is 12.5 Å². The van der Waals surface area contributed by atoms with Gasteiger partial charge in [-0.3, -0.25) is 4.72 Å². The number of anilines is 1. The molecule has 2 rings (SSSR count). The molecule has 0 aliphatic heterocycles. The van der Waals surface area contributed by atoms with Crippen molar-refractivity contribution in [2.45, 2.75) is 17.9 Å². The van der Waals surface area contributed by atoms with Crippen molar-refractivity contribution in [2.24, 2.45) is 0 Å². The molecule has 19 heavy (non-hydrogen) atoms. The van der Waals surface area contributed by atoms with Crippen molar-refractivity contribution in [2.75, 3.05) is 11.8 Å². The van der Waals surface area contributed by atoms with Gasteiger partial charge in [-0.2, -0.15) is 0 Å². The minimum atomic E-state index is -3.63. The molecule has 6 nitrogen and oxygen atoms in total. The lowest BCUT2D eigenvalue weighted by Gasteiger charge is -2.12. The standard InChI is InChI=1S/C12H15N3O3S/c1-9(13-2)10-4-3-5-12(6-10)19(16,17)15-11-7-14-18-8-11/h3-9,13,15H,1-2H3. The van der Waals surface area contributed by atoms with E-state index in [2.05, 4.69) is 19.7 Å². The van der Waals surface area contributed by atoms with Crippen molar-refractivity contribution in [3.05, 3.63) is 42.3 Å². The molecule has 102 valence electrons. The largest absolute Gasteiger partial charge is 0.362 e. The van der Waals surface area contributed by atoms with E-state index in [-0.39, 0.29) is 10.9 Å². The molecule has 1 heterocycles. The highest BCUT2D eigenvalue weighted by molar-refractivity contribution is 7.92. The number of nitrogens with zero attached hydrogens (tertiary/aromatic N) is 1. The number of sulfonamides is 1. The summed E-state index contributed by atoms with van der Waals surface area (Å²) in [6, 6.07) is 6.84. The van der Waals surface area contributed by atoms with Gasteiger partial charge in [-0.15, -0.1) is 0 Å².